The van der Waals surface area contributed by atoms with E-state index in [-0.39, 0.29) is 29.8 Å². The van der Waals surface area contributed by atoms with Crippen molar-refractivity contribution in [2.45, 2.75) is 44.6 Å². The van der Waals surface area contributed by atoms with Crippen molar-refractivity contribution in [2.75, 3.05) is 13.1 Å². The van der Waals surface area contributed by atoms with Gasteiger partial charge in [0, 0.05) is 24.4 Å². The molecule has 0 aliphatic carbocycles. The van der Waals surface area contributed by atoms with Crippen molar-refractivity contribution in [3.05, 3.63) is 51.2 Å². The summed E-state index contributed by atoms with van der Waals surface area (Å²) in [6.07, 6.45) is 1.03. The van der Waals surface area contributed by atoms with Crippen LogP contribution in [0.1, 0.15) is 41.0 Å². The second kappa shape index (κ2) is 7.50. The topological polar surface area (TPSA) is 66.5 Å². The molecule has 26 heavy (non-hydrogen) atoms. The number of nitrogens with zero attached hydrogens (tertiary/aromatic N) is 1. The first-order valence-corrected chi connectivity index (χ1v) is 11.1. The van der Waals surface area contributed by atoms with Gasteiger partial charge in [0.2, 0.25) is 15.9 Å². The highest BCUT2D eigenvalue weighted by Gasteiger charge is 2.28. The van der Waals surface area contributed by atoms with Gasteiger partial charge in [-0.2, -0.15) is 0 Å². The summed E-state index contributed by atoms with van der Waals surface area (Å²) in [6, 6.07) is 7.17. The Kier molecular flexibility index (Phi) is 5.50. The van der Waals surface area contributed by atoms with Crippen molar-refractivity contribution in [1.82, 2.24) is 9.62 Å². The van der Waals surface area contributed by atoms with E-state index in [1.165, 1.54) is 10.4 Å². The van der Waals surface area contributed by atoms with Gasteiger partial charge in [-0.15, -0.1) is 11.3 Å². The summed E-state index contributed by atoms with van der Waals surface area (Å²) >= 11 is 1.73. The molecule has 1 aromatic carbocycles. The Balaban J connectivity index is 1.59. The van der Waals surface area contributed by atoms with E-state index in [2.05, 4.69) is 16.2 Å². The van der Waals surface area contributed by atoms with Crippen LogP contribution in [-0.2, 0) is 21.2 Å². The molecule has 140 valence electrons. The van der Waals surface area contributed by atoms with Crippen LogP contribution in [0.5, 0.6) is 0 Å². The number of rotatable bonds is 5. The second-order valence-corrected chi connectivity index (χ2v) is 9.47. The molecule has 0 unspecified atom stereocenters. The number of hydrogen-bond acceptors (Lipinski definition) is 4. The predicted octanol–water partition coefficient (Wildman–Crippen LogP) is 3.18. The number of carbonyl (C=O) groups is 1. The normalized spacial score (nSPS) is 17.2. The van der Waals surface area contributed by atoms with Crippen LogP contribution in [0.2, 0.25) is 0 Å². The van der Waals surface area contributed by atoms with E-state index in [0.717, 1.165) is 17.5 Å². The monoisotopic (exact) mass is 392 g/mol. The first-order chi connectivity index (χ1) is 12.3. The average molecular weight is 393 g/mol. The lowest BCUT2D eigenvalue weighted by Crippen LogP contribution is -2.39. The molecule has 2 heterocycles. The maximum atomic E-state index is 12.6. The molecule has 7 heteroatoms. The molecule has 1 amide bonds. The molecule has 0 radical (unpaired) electrons. The summed E-state index contributed by atoms with van der Waals surface area (Å²) in [6.45, 7) is 6.65. The van der Waals surface area contributed by atoms with Gasteiger partial charge < -0.3 is 4.90 Å². The minimum atomic E-state index is -3.60. The molecule has 5 nitrogen and oxygen atoms in total. The van der Waals surface area contributed by atoms with Crippen molar-refractivity contribution < 1.29 is 13.2 Å². The highest BCUT2D eigenvalue weighted by atomic mass is 32.2. The lowest BCUT2D eigenvalue weighted by Gasteiger charge is -2.33. The smallest absolute Gasteiger partial charge is 0.240 e. The fourth-order valence-corrected chi connectivity index (χ4v) is 5.33. The van der Waals surface area contributed by atoms with Gasteiger partial charge in [0.15, 0.2) is 0 Å². The van der Waals surface area contributed by atoms with Crippen LogP contribution < -0.4 is 4.72 Å². The molecule has 0 bridgehead atoms. The molecule has 1 N–H and O–H groups in total. The molecule has 1 aliphatic rings. The minimum Gasteiger partial charge on any atom is -0.335 e. The second-order valence-electron chi connectivity index (χ2n) is 6.71. The number of thiophene rings is 1. The molecule has 1 aromatic heterocycles. The van der Waals surface area contributed by atoms with Gasteiger partial charge in [0.1, 0.15) is 0 Å². The summed E-state index contributed by atoms with van der Waals surface area (Å²) in [7, 11) is -3.60. The largest absolute Gasteiger partial charge is 0.335 e. The van der Waals surface area contributed by atoms with Crippen molar-refractivity contribution >= 4 is 27.3 Å². The molecule has 0 saturated heterocycles. The van der Waals surface area contributed by atoms with Gasteiger partial charge in [0.25, 0.3) is 0 Å². The Morgan fingerprint density at radius 2 is 2.04 bits per heavy atom. The zero-order chi connectivity index (χ0) is 18.9. The van der Waals surface area contributed by atoms with E-state index in [9.17, 15) is 13.2 Å². The van der Waals surface area contributed by atoms with Crippen LogP contribution in [0.25, 0.3) is 0 Å². The number of carbonyl (C=O) groups excluding carboxylic acids is 1. The van der Waals surface area contributed by atoms with Crippen LogP contribution in [-0.4, -0.2) is 32.3 Å². The van der Waals surface area contributed by atoms with E-state index < -0.39 is 10.0 Å². The average Bonchev–Trinajstić information content (AvgIpc) is 3.07. The first-order valence-electron chi connectivity index (χ1n) is 8.72. The Bertz CT molecular complexity index is 919. The Labute approximate surface area is 159 Å². The molecule has 3 rings (SSSR count). The molecule has 1 aliphatic heterocycles. The number of fused-ring (bicyclic) bond motifs is 1. The fourth-order valence-electron chi connectivity index (χ4n) is 3.25. The molecule has 0 fully saturated rings. The lowest BCUT2D eigenvalue weighted by molar-refractivity contribution is -0.133. The van der Waals surface area contributed by atoms with Crippen molar-refractivity contribution in [3.8, 4) is 0 Å². The Hall–Kier alpha value is -1.70. The third-order valence-corrected chi connectivity index (χ3v) is 7.47. The zero-order valence-corrected chi connectivity index (χ0v) is 16.9. The third-order valence-electron chi connectivity index (χ3n) is 5.02. The summed E-state index contributed by atoms with van der Waals surface area (Å²) in [5, 5.41) is 2.06. The van der Waals surface area contributed by atoms with Gasteiger partial charge >= 0.3 is 0 Å². The highest BCUT2D eigenvalue weighted by Crippen LogP contribution is 2.33. The number of nitrogens with one attached hydrogen (secondary N) is 1. The quantitative estimate of drug-likeness (QED) is 0.850. The summed E-state index contributed by atoms with van der Waals surface area (Å²) < 4.78 is 27.4. The van der Waals surface area contributed by atoms with Crippen LogP contribution in [0.15, 0.2) is 34.5 Å². The Morgan fingerprint density at radius 1 is 1.27 bits per heavy atom. The van der Waals surface area contributed by atoms with Crippen LogP contribution in [0.4, 0.5) is 0 Å². The van der Waals surface area contributed by atoms with Gasteiger partial charge in [-0.05, 0) is 67.5 Å². The lowest BCUT2D eigenvalue weighted by atomic mass is 10.0. The van der Waals surface area contributed by atoms with Gasteiger partial charge in [0.05, 0.1) is 10.9 Å². The van der Waals surface area contributed by atoms with E-state index in [1.54, 1.807) is 29.5 Å². The number of aryl methyl sites for hydroxylation is 2. The maximum Gasteiger partial charge on any atom is 0.240 e. The van der Waals surface area contributed by atoms with Gasteiger partial charge in [-0.25, -0.2) is 13.1 Å². The van der Waals surface area contributed by atoms with Gasteiger partial charge in [-0.1, -0.05) is 6.07 Å². The summed E-state index contributed by atoms with van der Waals surface area (Å²) in [5.74, 6) is -0.0165. The number of benzene rings is 1. The van der Waals surface area contributed by atoms with E-state index in [0.29, 0.717) is 6.54 Å². The fraction of sp³-hybridized carbons (Fsp3) is 0.421. The van der Waals surface area contributed by atoms with Crippen molar-refractivity contribution in [3.63, 3.8) is 0 Å². The van der Waals surface area contributed by atoms with E-state index in [4.69, 9.17) is 0 Å². The van der Waals surface area contributed by atoms with E-state index >= 15 is 0 Å². The predicted molar refractivity (Wildman–Crippen MR) is 104 cm³/mol. The third kappa shape index (κ3) is 3.84. The minimum absolute atomic E-state index is 0.0165. The number of amides is 1. The van der Waals surface area contributed by atoms with E-state index in [1.807, 2.05) is 25.7 Å². The highest BCUT2D eigenvalue weighted by molar-refractivity contribution is 7.89. The van der Waals surface area contributed by atoms with Crippen molar-refractivity contribution in [2.24, 2.45) is 0 Å². The number of sulfonamides is 1. The molecule has 1 atom stereocenters. The number of hydrogen-bond donors (Lipinski definition) is 1. The van der Waals surface area contributed by atoms with Crippen LogP contribution >= 0.6 is 11.3 Å². The molecule has 0 spiro atoms. The van der Waals surface area contributed by atoms with Gasteiger partial charge in [-0.3, -0.25) is 4.79 Å². The standard InChI is InChI=1S/C19H24N2O3S2/c1-13-4-5-16(12-14(13)2)26(23,24)20-9-6-19(22)21-10-7-18-17(15(21)3)8-11-25-18/h4-5,8,11-12,15,20H,6-7,9-10H2,1-3H3/t15-/m0/s1. The van der Waals surface area contributed by atoms with Crippen molar-refractivity contribution in [1.29, 1.82) is 0 Å². The SMILES string of the molecule is Cc1ccc(S(=O)(=O)NCCC(=O)N2CCc3sccc3[C@@H]2C)cc1C. The molecular formula is C19H24N2O3S2. The maximum absolute atomic E-state index is 12.6. The molecule has 2 aromatic rings. The Morgan fingerprint density at radius 3 is 2.77 bits per heavy atom. The molecule has 0 saturated carbocycles. The summed E-state index contributed by atoms with van der Waals surface area (Å²) in [4.78, 5) is 16.0. The van der Waals surface area contributed by atoms with Crippen LogP contribution in [0, 0.1) is 13.8 Å². The summed E-state index contributed by atoms with van der Waals surface area (Å²) in [5.41, 5.74) is 3.19. The first kappa shape index (κ1) is 19.1. The van der Waals surface area contributed by atoms with Crippen LogP contribution in [0.3, 0.4) is 0 Å². The zero-order valence-electron chi connectivity index (χ0n) is 15.3. The molecular weight excluding hydrogens is 368 g/mol.